The van der Waals surface area contributed by atoms with Gasteiger partial charge < -0.3 is 4.74 Å². The highest BCUT2D eigenvalue weighted by Gasteiger charge is 2.10. The molecule has 0 spiro atoms. The molecule has 136 valence electrons. The van der Waals surface area contributed by atoms with Crippen LogP contribution in [0, 0.1) is 0 Å². The number of halogens is 2. The summed E-state index contributed by atoms with van der Waals surface area (Å²) >= 11 is 9.57. The molecule has 6 heteroatoms. The Bertz CT molecular complexity index is 915. The monoisotopic (exact) mass is 434 g/mol. The number of pyridine rings is 2. The molecule has 4 nitrogen and oxygen atoms in total. The molecule has 0 aliphatic rings. The Hall–Kier alpha value is -1.98. The van der Waals surface area contributed by atoms with Crippen molar-refractivity contribution in [2.45, 2.75) is 25.6 Å². The van der Waals surface area contributed by atoms with E-state index in [4.69, 9.17) is 16.3 Å². The Balaban J connectivity index is 0.00000117. The third-order valence-corrected chi connectivity index (χ3v) is 4.47. The average Bonchev–Trinajstić information content (AvgIpc) is 2.68. The van der Waals surface area contributed by atoms with E-state index in [1.807, 2.05) is 26.0 Å². The van der Waals surface area contributed by atoms with E-state index in [9.17, 15) is 4.79 Å². The van der Waals surface area contributed by atoms with Gasteiger partial charge in [-0.2, -0.15) is 0 Å². The minimum atomic E-state index is -0.366. The summed E-state index contributed by atoms with van der Waals surface area (Å²) < 4.78 is 4.75. The van der Waals surface area contributed by atoms with Crippen LogP contribution in [0.15, 0.2) is 42.7 Å². The van der Waals surface area contributed by atoms with Crippen LogP contribution in [0.4, 0.5) is 0 Å². The first-order chi connectivity index (χ1) is 12.6. The van der Waals surface area contributed by atoms with Gasteiger partial charge in [-0.3, -0.25) is 9.97 Å². The first-order valence-corrected chi connectivity index (χ1v) is 9.77. The minimum Gasteiger partial charge on any atom is -0.465 e. The maximum Gasteiger partial charge on any atom is 0.337 e. The number of hydrogen-bond donors (Lipinski definition) is 0. The maximum atomic E-state index is 11.7. The Morgan fingerprint density at radius 1 is 1.19 bits per heavy atom. The quantitative estimate of drug-likeness (QED) is 0.396. The molecule has 3 rings (SSSR count). The number of alkyl halides is 1. The Labute approximate surface area is 166 Å². The molecule has 0 bridgehead atoms. The molecular weight excluding hydrogens is 416 g/mol. The highest BCUT2D eigenvalue weighted by molar-refractivity contribution is 9.08. The smallest absolute Gasteiger partial charge is 0.337 e. The van der Waals surface area contributed by atoms with Crippen LogP contribution in [0.1, 0.15) is 41.0 Å². The van der Waals surface area contributed by atoms with E-state index in [2.05, 4.69) is 32.0 Å². The zero-order chi connectivity index (χ0) is 19.1. The van der Waals surface area contributed by atoms with Crippen molar-refractivity contribution < 1.29 is 9.53 Å². The van der Waals surface area contributed by atoms with Gasteiger partial charge in [-0.25, -0.2) is 4.79 Å². The van der Waals surface area contributed by atoms with Crippen molar-refractivity contribution in [1.29, 1.82) is 0 Å². The Kier molecular flexibility index (Phi) is 7.54. The summed E-state index contributed by atoms with van der Waals surface area (Å²) in [4.78, 5) is 20.4. The van der Waals surface area contributed by atoms with Gasteiger partial charge in [0.05, 0.1) is 23.2 Å². The zero-order valence-corrected chi connectivity index (χ0v) is 17.3. The van der Waals surface area contributed by atoms with Gasteiger partial charge in [0.2, 0.25) is 0 Å². The number of methoxy groups -OCH3 is 1. The lowest BCUT2D eigenvalue weighted by Gasteiger charge is -2.09. The second kappa shape index (κ2) is 9.64. The van der Waals surface area contributed by atoms with Crippen molar-refractivity contribution in [1.82, 2.24) is 9.97 Å². The van der Waals surface area contributed by atoms with Crippen molar-refractivity contribution in [3.05, 3.63) is 70.1 Å². The predicted molar refractivity (Wildman–Crippen MR) is 109 cm³/mol. The van der Waals surface area contributed by atoms with Gasteiger partial charge in [0.15, 0.2) is 0 Å². The summed E-state index contributed by atoms with van der Waals surface area (Å²) in [5, 5.41) is 2.28. The summed E-state index contributed by atoms with van der Waals surface area (Å²) in [6.07, 6.45) is 3.87. The molecule has 3 aromatic rings. The van der Waals surface area contributed by atoms with E-state index in [1.54, 1.807) is 24.5 Å². The maximum absolute atomic E-state index is 11.7. The van der Waals surface area contributed by atoms with E-state index < -0.39 is 0 Å². The second-order valence-corrected chi connectivity index (χ2v) is 6.32. The Morgan fingerprint density at radius 3 is 2.65 bits per heavy atom. The van der Waals surface area contributed by atoms with Crippen LogP contribution in [-0.2, 0) is 16.5 Å². The van der Waals surface area contributed by atoms with Crippen molar-refractivity contribution in [2.24, 2.45) is 0 Å². The average molecular weight is 436 g/mol. The van der Waals surface area contributed by atoms with Gasteiger partial charge in [0.1, 0.15) is 0 Å². The van der Waals surface area contributed by atoms with Crippen LogP contribution in [0.5, 0.6) is 0 Å². The number of benzene rings is 1. The minimum absolute atomic E-state index is 0.366. The first kappa shape index (κ1) is 20.3. The lowest BCUT2D eigenvalue weighted by molar-refractivity contribution is 0.0600. The standard InChI is InChI=1S/C18H14BrClN2O2.C2H6/c1-24-18(23)12-2-3-21-16(8-12)6-11-4-13-7-15(20)10-22-17(13)14(5-11)9-19;1-2/h2-5,7-8,10H,6,9H2,1H3;1-2H3. The van der Waals surface area contributed by atoms with Crippen LogP contribution < -0.4 is 0 Å². The first-order valence-electron chi connectivity index (χ1n) is 8.27. The molecule has 0 radical (unpaired) electrons. The van der Waals surface area contributed by atoms with E-state index in [-0.39, 0.29) is 5.97 Å². The molecular formula is C20H20BrClN2O2. The summed E-state index contributed by atoms with van der Waals surface area (Å²) in [6, 6.07) is 9.43. The molecule has 26 heavy (non-hydrogen) atoms. The van der Waals surface area contributed by atoms with Crippen molar-refractivity contribution in [3.8, 4) is 0 Å². The van der Waals surface area contributed by atoms with Gasteiger partial charge in [0.25, 0.3) is 0 Å². The van der Waals surface area contributed by atoms with Crippen LogP contribution in [-0.4, -0.2) is 23.0 Å². The molecule has 0 N–H and O–H groups in total. The zero-order valence-electron chi connectivity index (χ0n) is 14.9. The normalized spacial score (nSPS) is 10.2. The summed E-state index contributed by atoms with van der Waals surface area (Å²) in [7, 11) is 1.37. The van der Waals surface area contributed by atoms with E-state index in [0.717, 1.165) is 27.7 Å². The highest BCUT2D eigenvalue weighted by atomic mass is 79.9. The predicted octanol–water partition coefficient (Wildman–Crippen LogP) is 5.58. The number of carbonyl (C=O) groups is 1. The SMILES string of the molecule is CC.COC(=O)c1ccnc(Cc2cc(CBr)c3ncc(Cl)cc3c2)c1. The molecule has 0 aliphatic carbocycles. The summed E-state index contributed by atoms with van der Waals surface area (Å²) in [6.45, 7) is 4.00. The lowest BCUT2D eigenvalue weighted by atomic mass is 10.0. The fourth-order valence-electron chi connectivity index (χ4n) is 2.60. The van der Waals surface area contributed by atoms with Crippen LogP contribution >= 0.6 is 27.5 Å². The van der Waals surface area contributed by atoms with E-state index in [1.165, 1.54) is 7.11 Å². The van der Waals surface area contributed by atoms with Crippen molar-refractivity contribution in [3.63, 3.8) is 0 Å². The van der Waals surface area contributed by atoms with E-state index >= 15 is 0 Å². The number of aromatic nitrogens is 2. The van der Waals surface area contributed by atoms with Crippen LogP contribution in [0.25, 0.3) is 10.9 Å². The second-order valence-electron chi connectivity index (χ2n) is 5.32. The number of ether oxygens (including phenoxy) is 1. The summed E-state index contributed by atoms with van der Waals surface area (Å²) in [5.41, 5.74) is 4.39. The molecule has 0 unspecified atom stereocenters. The van der Waals surface area contributed by atoms with Crippen LogP contribution in [0.2, 0.25) is 5.02 Å². The van der Waals surface area contributed by atoms with Gasteiger partial charge in [0, 0.05) is 35.2 Å². The van der Waals surface area contributed by atoms with Crippen molar-refractivity contribution in [2.75, 3.05) is 7.11 Å². The number of esters is 1. The Morgan fingerprint density at radius 2 is 1.96 bits per heavy atom. The van der Waals surface area contributed by atoms with Crippen LogP contribution in [0.3, 0.4) is 0 Å². The number of carbonyl (C=O) groups excluding carboxylic acids is 1. The van der Waals surface area contributed by atoms with Gasteiger partial charge in [-0.1, -0.05) is 47.4 Å². The highest BCUT2D eigenvalue weighted by Crippen LogP contribution is 2.25. The molecule has 0 saturated heterocycles. The molecule has 0 aliphatic heterocycles. The molecule has 1 aromatic carbocycles. The number of hydrogen-bond acceptors (Lipinski definition) is 4. The molecule has 0 fully saturated rings. The third kappa shape index (κ3) is 4.80. The molecule has 0 atom stereocenters. The molecule has 2 heterocycles. The van der Waals surface area contributed by atoms with Crippen molar-refractivity contribution >= 4 is 44.4 Å². The van der Waals surface area contributed by atoms with Gasteiger partial charge in [-0.15, -0.1) is 0 Å². The number of nitrogens with zero attached hydrogens (tertiary/aromatic N) is 2. The fraction of sp³-hybridized carbons (Fsp3) is 0.250. The fourth-order valence-corrected chi connectivity index (χ4v) is 3.19. The molecule has 0 saturated carbocycles. The molecule has 0 amide bonds. The van der Waals surface area contributed by atoms with Gasteiger partial charge in [-0.05, 0) is 35.4 Å². The number of rotatable bonds is 4. The third-order valence-electron chi connectivity index (χ3n) is 3.66. The molecule has 2 aromatic heterocycles. The van der Waals surface area contributed by atoms with Gasteiger partial charge >= 0.3 is 5.97 Å². The number of fused-ring (bicyclic) bond motifs is 1. The topological polar surface area (TPSA) is 52.1 Å². The lowest BCUT2D eigenvalue weighted by Crippen LogP contribution is -2.03. The largest absolute Gasteiger partial charge is 0.465 e. The van der Waals surface area contributed by atoms with E-state index in [0.29, 0.717) is 22.3 Å². The summed E-state index contributed by atoms with van der Waals surface area (Å²) in [5.74, 6) is -0.366.